The molecule has 0 radical (unpaired) electrons. The van der Waals surface area contributed by atoms with Crippen molar-refractivity contribution in [3.63, 3.8) is 0 Å². The zero-order valence-corrected chi connectivity index (χ0v) is 12.9. The van der Waals surface area contributed by atoms with Crippen molar-refractivity contribution in [3.05, 3.63) is 0 Å². The Kier molecular flexibility index (Phi) is 8.23. The van der Waals surface area contributed by atoms with E-state index in [0.29, 0.717) is 0 Å². The zero-order valence-electron chi connectivity index (χ0n) is 12.1. The van der Waals surface area contributed by atoms with Gasteiger partial charge in [-0.25, -0.2) is 0 Å². The van der Waals surface area contributed by atoms with Crippen molar-refractivity contribution in [2.75, 3.05) is 13.6 Å². The number of halogens is 1. The molecular formula is C12H26ClN3O2. The van der Waals surface area contributed by atoms with E-state index in [1.165, 1.54) is 4.90 Å². The first kappa shape index (κ1) is 19.5. The van der Waals surface area contributed by atoms with Crippen LogP contribution < -0.4 is 11.1 Å². The van der Waals surface area contributed by atoms with E-state index in [-0.39, 0.29) is 48.3 Å². The lowest BCUT2D eigenvalue weighted by molar-refractivity contribution is -0.138. The van der Waals surface area contributed by atoms with Crippen molar-refractivity contribution < 1.29 is 9.59 Å². The van der Waals surface area contributed by atoms with Crippen LogP contribution in [0, 0.1) is 5.92 Å². The van der Waals surface area contributed by atoms with Crippen molar-refractivity contribution >= 4 is 24.2 Å². The number of nitrogens with two attached hydrogens (primary N) is 1. The van der Waals surface area contributed by atoms with E-state index in [4.69, 9.17) is 5.73 Å². The van der Waals surface area contributed by atoms with E-state index in [1.807, 2.05) is 20.8 Å². The Morgan fingerprint density at radius 1 is 1.28 bits per heavy atom. The monoisotopic (exact) mass is 279 g/mol. The Hall–Kier alpha value is -0.810. The first-order chi connectivity index (χ1) is 7.54. The predicted octanol–water partition coefficient (Wildman–Crippen LogP) is 0.765. The quantitative estimate of drug-likeness (QED) is 0.798. The molecule has 6 heteroatoms. The summed E-state index contributed by atoms with van der Waals surface area (Å²) in [5, 5.41) is 2.81. The zero-order chi connectivity index (χ0) is 13.8. The summed E-state index contributed by atoms with van der Waals surface area (Å²) in [5.41, 5.74) is 5.38. The van der Waals surface area contributed by atoms with Gasteiger partial charge in [0.25, 0.3) is 0 Å². The molecule has 0 aromatic rings. The van der Waals surface area contributed by atoms with Gasteiger partial charge in [0.1, 0.15) is 0 Å². The maximum atomic E-state index is 11.9. The Balaban J connectivity index is 0. The number of rotatable bonds is 4. The fourth-order valence-corrected chi connectivity index (χ4v) is 1.32. The van der Waals surface area contributed by atoms with E-state index in [1.54, 1.807) is 20.9 Å². The molecule has 2 amide bonds. The van der Waals surface area contributed by atoms with Gasteiger partial charge < -0.3 is 16.0 Å². The SMILES string of the molecule is CC(N)C(C)C(=O)N(C)CC(=O)NC(C)(C)C.Cl. The summed E-state index contributed by atoms with van der Waals surface area (Å²) >= 11 is 0. The molecule has 2 unspecified atom stereocenters. The van der Waals surface area contributed by atoms with Gasteiger partial charge in [0, 0.05) is 18.6 Å². The number of amides is 2. The van der Waals surface area contributed by atoms with Crippen LogP contribution >= 0.6 is 12.4 Å². The standard InChI is InChI=1S/C12H25N3O2.ClH/c1-8(9(2)13)11(17)15(6)7-10(16)14-12(3,4)5;/h8-9H,7,13H2,1-6H3,(H,14,16);1H. The summed E-state index contributed by atoms with van der Waals surface area (Å²) in [6.07, 6.45) is 0. The molecule has 0 aromatic carbocycles. The van der Waals surface area contributed by atoms with Gasteiger partial charge in [-0.3, -0.25) is 9.59 Å². The number of nitrogens with zero attached hydrogens (tertiary/aromatic N) is 1. The van der Waals surface area contributed by atoms with Gasteiger partial charge in [-0.15, -0.1) is 12.4 Å². The fourth-order valence-electron chi connectivity index (χ4n) is 1.32. The van der Waals surface area contributed by atoms with Crippen LogP contribution in [0.1, 0.15) is 34.6 Å². The number of likely N-dealkylation sites (N-methyl/N-ethyl adjacent to an activating group) is 1. The van der Waals surface area contributed by atoms with E-state index >= 15 is 0 Å². The molecule has 18 heavy (non-hydrogen) atoms. The Labute approximate surface area is 116 Å². The molecule has 0 aromatic heterocycles. The molecule has 2 atom stereocenters. The van der Waals surface area contributed by atoms with Gasteiger partial charge in [-0.05, 0) is 27.7 Å². The van der Waals surface area contributed by atoms with Gasteiger partial charge in [-0.1, -0.05) is 6.92 Å². The lowest BCUT2D eigenvalue weighted by Gasteiger charge is -2.26. The summed E-state index contributed by atoms with van der Waals surface area (Å²) in [6.45, 7) is 9.32. The highest BCUT2D eigenvalue weighted by Crippen LogP contribution is 2.05. The second kappa shape index (κ2) is 7.59. The lowest BCUT2D eigenvalue weighted by Crippen LogP contribution is -2.48. The minimum absolute atomic E-state index is 0. The molecule has 0 bridgehead atoms. The van der Waals surface area contributed by atoms with Gasteiger partial charge in [-0.2, -0.15) is 0 Å². The summed E-state index contributed by atoms with van der Waals surface area (Å²) in [4.78, 5) is 24.9. The highest BCUT2D eigenvalue weighted by atomic mass is 35.5. The third-order valence-electron chi connectivity index (χ3n) is 2.45. The number of hydrogen-bond donors (Lipinski definition) is 2. The Bertz CT molecular complexity index is 288. The summed E-state index contributed by atoms with van der Waals surface area (Å²) in [6, 6.07) is -0.212. The highest BCUT2D eigenvalue weighted by Gasteiger charge is 2.23. The van der Waals surface area contributed by atoms with Gasteiger partial charge >= 0.3 is 0 Å². The first-order valence-electron chi connectivity index (χ1n) is 5.86. The molecule has 0 saturated heterocycles. The lowest BCUT2D eigenvalue weighted by atomic mass is 10.0. The predicted molar refractivity (Wildman–Crippen MR) is 75.6 cm³/mol. The Morgan fingerprint density at radius 2 is 1.72 bits per heavy atom. The second-order valence-corrected chi connectivity index (χ2v) is 5.64. The second-order valence-electron chi connectivity index (χ2n) is 5.64. The van der Waals surface area contributed by atoms with E-state index in [2.05, 4.69) is 5.32 Å². The largest absolute Gasteiger partial charge is 0.350 e. The van der Waals surface area contributed by atoms with Crippen LogP contribution in [0.3, 0.4) is 0 Å². The van der Waals surface area contributed by atoms with Crippen LogP contribution in [0.25, 0.3) is 0 Å². The van der Waals surface area contributed by atoms with E-state index < -0.39 is 0 Å². The van der Waals surface area contributed by atoms with Crippen LogP contribution in [-0.2, 0) is 9.59 Å². The van der Waals surface area contributed by atoms with Crippen LogP contribution in [-0.4, -0.2) is 41.9 Å². The first-order valence-corrected chi connectivity index (χ1v) is 5.86. The fraction of sp³-hybridized carbons (Fsp3) is 0.833. The average molecular weight is 280 g/mol. The molecule has 3 N–H and O–H groups in total. The van der Waals surface area contributed by atoms with Crippen LogP contribution in [0.4, 0.5) is 0 Å². The molecule has 0 aliphatic carbocycles. The van der Waals surface area contributed by atoms with Crippen molar-refractivity contribution in [1.82, 2.24) is 10.2 Å². The topological polar surface area (TPSA) is 75.4 Å². The van der Waals surface area contributed by atoms with E-state index in [0.717, 1.165) is 0 Å². The number of hydrogen-bond acceptors (Lipinski definition) is 3. The molecule has 0 aliphatic heterocycles. The maximum Gasteiger partial charge on any atom is 0.240 e. The van der Waals surface area contributed by atoms with Crippen molar-refractivity contribution in [3.8, 4) is 0 Å². The third-order valence-corrected chi connectivity index (χ3v) is 2.45. The molecule has 108 valence electrons. The van der Waals surface area contributed by atoms with Gasteiger partial charge in [0.15, 0.2) is 0 Å². The van der Waals surface area contributed by atoms with Crippen molar-refractivity contribution in [2.24, 2.45) is 11.7 Å². The minimum Gasteiger partial charge on any atom is -0.350 e. The normalized spacial score (nSPS) is 14.2. The molecule has 0 aliphatic rings. The minimum atomic E-state index is -0.284. The molecule has 0 fully saturated rings. The molecule has 0 spiro atoms. The smallest absolute Gasteiger partial charge is 0.240 e. The summed E-state index contributed by atoms with van der Waals surface area (Å²) in [7, 11) is 1.61. The molecule has 5 nitrogen and oxygen atoms in total. The maximum absolute atomic E-state index is 11.9. The molecular weight excluding hydrogens is 254 g/mol. The van der Waals surface area contributed by atoms with E-state index in [9.17, 15) is 9.59 Å². The number of carbonyl (C=O) groups is 2. The highest BCUT2D eigenvalue weighted by molar-refractivity contribution is 5.86. The van der Waals surface area contributed by atoms with Crippen LogP contribution in [0.2, 0.25) is 0 Å². The summed E-state index contributed by atoms with van der Waals surface area (Å²) < 4.78 is 0. The van der Waals surface area contributed by atoms with Gasteiger partial charge in [0.05, 0.1) is 12.5 Å². The van der Waals surface area contributed by atoms with Crippen LogP contribution in [0.15, 0.2) is 0 Å². The average Bonchev–Trinajstić information content (AvgIpc) is 2.11. The van der Waals surface area contributed by atoms with Crippen molar-refractivity contribution in [2.45, 2.75) is 46.2 Å². The molecule has 0 rings (SSSR count). The molecule has 0 heterocycles. The number of nitrogens with one attached hydrogen (secondary N) is 1. The van der Waals surface area contributed by atoms with Crippen molar-refractivity contribution in [1.29, 1.82) is 0 Å². The Morgan fingerprint density at radius 3 is 2.06 bits per heavy atom. The molecule has 0 saturated carbocycles. The van der Waals surface area contributed by atoms with Crippen LogP contribution in [0.5, 0.6) is 0 Å². The van der Waals surface area contributed by atoms with Gasteiger partial charge in [0.2, 0.25) is 11.8 Å². The summed E-state index contributed by atoms with van der Waals surface area (Å²) in [5.74, 6) is -0.545. The third kappa shape index (κ3) is 7.50. The number of carbonyl (C=O) groups excluding carboxylic acids is 2.